The Morgan fingerprint density at radius 2 is 2.00 bits per heavy atom. The number of carbonyl (C=O) groups is 1. The van der Waals surface area contributed by atoms with E-state index in [1.54, 1.807) is 30.5 Å². The second-order valence-electron chi connectivity index (χ2n) is 4.35. The summed E-state index contributed by atoms with van der Waals surface area (Å²) >= 11 is 0. The van der Waals surface area contributed by atoms with E-state index in [0.29, 0.717) is 5.69 Å². The fourth-order valence-electron chi connectivity index (χ4n) is 1.53. The highest BCUT2D eigenvalue weighted by atomic mass is 16.7. The Morgan fingerprint density at radius 1 is 1.24 bits per heavy atom. The van der Waals surface area contributed by atoms with Crippen LogP contribution in [0, 0.1) is 6.92 Å². The number of rotatable bonds is 4. The maximum Gasteiger partial charge on any atom is 0.358 e. The standard InChI is InChI=1S/C16H15N3O2/c1-12-5-7-13(8-6-12)9-10-15(20)21-19-16(17)14-4-2-3-11-18-14/h2-11H,1H3,(H2,17,19). The fourth-order valence-corrected chi connectivity index (χ4v) is 1.53. The summed E-state index contributed by atoms with van der Waals surface area (Å²) in [5.74, 6) is -0.554. The average Bonchev–Trinajstić information content (AvgIpc) is 2.53. The second-order valence-corrected chi connectivity index (χ2v) is 4.35. The van der Waals surface area contributed by atoms with Crippen LogP contribution < -0.4 is 5.73 Å². The first-order valence-electron chi connectivity index (χ1n) is 6.36. The maximum atomic E-state index is 11.5. The van der Waals surface area contributed by atoms with Crippen LogP contribution in [0.25, 0.3) is 6.08 Å². The quantitative estimate of drug-likeness (QED) is 0.306. The Bertz CT molecular complexity index is 662. The fraction of sp³-hybridized carbons (Fsp3) is 0.0625. The van der Waals surface area contributed by atoms with Gasteiger partial charge in [-0.1, -0.05) is 41.1 Å². The molecule has 1 aromatic carbocycles. The maximum absolute atomic E-state index is 11.5. The molecule has 5 nitrogen and oxygen atoms in total. The van der Waals surface area contributed by atoms with Crippen LogP contribution >= 0.6 is 0 Å². The number of hydrogen-bond donors (Lipinski definition) is 1. The van der Waals surface area contributed by atoms with Gasteiger partial charge in [-0.15, -0.1) is 0 Å². The van der Waals surface area contributed by atoms with Crippen LogP contribution in [0.3, 0.4) is 0 Å². The zero-order valence-corrected chi connectivity index (χ0v) is 11.6. The molecule has 0 spiro atoms. The highest BCUT2D eigenvalue weighted by Crippen LogP contribution is 2.05. The number of carbonyl (C=O) groups excluding carboxylic acids is 1. The van der Waals surface area contributed by atoms with Crippen molar-refractivity contribution in [2.75, 3.05) is 0 Å². The lowest BCUT2D eigenvalue weighted by atomic mass is 10.1. The largest absolute Gasteiger partial charge is 0.379 e. The van der Waals surface area contributed by atoms with Crippen LogP contribution in [-0.2, 0) is 9.63 Å². The number of nitrogens with two attached hydrogens (primary N) is 1. The van der Waals surface area contributed by atoms with E-state index >= 15 is 0 Å². The molecule has 0 bridgehead atoms. The summed E-state index contributed by atoms with van der Waals surface area (Å²) < 4.78 is 0. The second kappa shape index (κ2) is 7.00. The van der Waals surface area contributed by atoms with Crippen molar-refractivity contribution in [3.8, 4) is 0 Å². The average molecular weight is 281 g/mol. The summed E-state index contributed by atoms with van der Waals surface area (Å²) in [4.78, 5) is 20.2. The van der Waals surface area contributed by atoms with Crippen molar-refractivity contribution in [3.63, 3.8) is 0 Å². The Kier molecular flexibility index (Phi) is 4.82. The molecule has 0 saturated carbocycles. The molecule has 2 rings (SSSR count). The molecule has 0 amide bonds. The Labute approximate surface area is 122 Å². The molecule has 21 heavy (non-hydrogen) atoms. The third-order valence-corrected chi connectivity index (χ3v) is 2.65. The minimum atomic E-state index is -0.602. The molecule has 0 aliphatic carbocycles. The lowest BCUT2D eigenvalue weighted by Crippen LogP contribution is -2.16. The highest BCUT2D eigenvalue weighted by Gasteiger charge is 2.01. The van der Waals surface area contributed by atoms with Gasteiger partial charge in [0.25, 0.3) is 0 Å². The topological polar surface area (TPSA) is 77.6 Å². The van der Waals surface area contributed by atoms with Gasteiger partial charge < -0.3 is 10.6 Å². The summed E-state index contributed by atoms with van der Waals surface area (Å²) in [6.45, 7) is 2.00. The van der Waals surface area contributed by atoms with Crippen molar-refractivity contribution >= 4 is 17.9 Å². The van der Waals surface area contributed by atoms with Crippen molar-refractivity contribution in [3.05, 3.63) is 71.6 Å². The van der Waals surface area contributed by atoms with Gasteiger partial charge in [0, 0.05) is 12.3 Å². The molecular weight excluding hydrogens is 266 g/mol. The highest BCUT2D eigenvalue weighted by molar-refractivity contribution is 5.96. The van der Waals surface area contributed by atoms with E-state index < -0.39 is 5.97 Å². The number of aryl methyl sites for hydroxylation is 1. The van der Waals surface area contributed by atoms with Gasteiger partial charge >= 0.3 is 5.97 Å². The van der Waals surface area contributed by atoms with Gasteiger partial charge in [-0.25, -0.2) is 4.79 Å². The summed E-state index contributed by atoms with van der Waals surface area (Å²) in [5, 5.41) is 3.55. The Hall–Kier alpha value is -2.95. The third-order valence-electron chi connectivity index (χ3n) is 2.65. The number of aromatic nitrogens is 1. The molecule has 0 atom stereocenters. The molecule has 1 heterocycles. The molecular formula is C16H15N3O2. The van der Waals surface area contributed by atoms with Gasteiger partial charge in [-0.05, 0) is 30.7 Å². The Morgan fingerprint density at radius 3 is 2.67 bits per heavy atom. The summed E-state index contributed by atoms with van der Waals surface area (Å²) in [5.41, 5.74) is 8.16. The van der Waals surface area contributed by atoms with E-state index in [0.717, 1.165) is 11.1 Å². The van der Waals surface area contributed by atoms with E-state index in [4.69, 9.17) is 10.6 Å². The van der Waals surface area contributed by atoms with Crippen LogP contribution in [0.4, 0.5) is 0 Å². The van der Waals surface area contributed by atoms with Gasteiger partial charge in [0.1, 0.15) is 5.69 Å². The van der Waals surface area contributed by atoms with Gasteiger partial charge in [0.05, 0.1) is 0 Å². The number of benzene rings is 1. The predicted octanol–water partition coefficient (Wildman–Crippen LogP) is 2.27. The van der Waals surface area contributed by atoms with Crippen LogP contribution in [-0.4, -0.2) is 16.8 Å². The predicted molar refractivity (Wildman–Crippen MR) is 81.3 cm³/mol. The van der Waals surface area contributed by atoms with Gasteiger partial charge in [0.2, 0.25) is 0 Å². The first-order chi connectivity index (χ1) is 10.1. The van der Waals surface area contributed by atoms with Gasteiger partial charge in [-0.3, -0.25) is 4.98 Å². The molecule has 0 aliphatic rings. The van der Waals surface area contributed by atoms with Crippen LogP contribution in [0.5, 0.6) is 0 Å². The van der Waals surface area contributed by atoms with Gasteiger partial charge in [-0.2, -0.15) is 0 Å². The van der Waals surface area contributed by atoms with Crippen LogP contribution in [0.1, 0.15) is 16.8 Å². The number of amidine groups is 1. The molecule has 1 aromatic heterocycles. The number of oxime groups is 1. The lowest BCUT2D eigenvalue weighted by molar-refractivity contribution is -0.137. The molecule has 0 saturated heterocycles. The molecule has 0 radical (unpaired) electrons. The molecule has 0 unspecified atom stereocenters. The molecule has 2 N–H and O–H groups in total. The van der Waals surface area contributed by atoms with E-state index in [1.165, 1.54) is 6.08 Å². The lowest BCUT2D eigenvalue weighted by Gasteiger charge is -1.98. The van der Waals surface area contributed by atoms with E-state index in [1.807, 2.05) is 31.2 Å². The zero-order valence-electron chi connectivity index (χ0n) is 11.6. The number of pyridine rings is 1. The minimum absolute atomic E-state index is 0.0488. The monoisotopic (exact) mass is 281 g/mol. The summed E-state index contributed by atoms with van der Waals surface area (Å²) in [6.07, 6.45) is 4.52. The first-order valence-corrected chi connectivity index (χ1v) is 6.36. The van der Waals surface area contributed by atoms with Crippen molar-refractivity contribution in [2.45, 2.75) is 6.92 Å². The zero-order chi connectivity index (χ0) is 15.1. The van der Waals surface area contributed by atoms with Crippen molar-refractivity contribution in [2.24, 2.45) is 10.9 Å². The molecule has 106 valence electrons. The molecule has 2 aromatic rings. The van der Waals surface area contributed by atoms with Crippen LogP contribution in [0.15, 0.2) is 59.9 Å². The van der Waals surface area contributed by atoms with Crippen molar-refractivity contribution in [1.82, 2.24) is 4.98 Å². The molecule has 0 aliphatic heterocycles. The first kappa shape index (κ1) is 14.5. The molecule has 5 heteroatoms. The Balaban J connectivity index is 1.94. The van der Waals surface area contributed by atoms with Crippen LogP contribution in [0.2, 0.25) is 0 Å². The summed E-state index contributed by atoms with van der Waals surface area (Å²) in [7, 11) is 0. The SMILES string of the molecule is Cc1ccc(C=CC(=O)O/N=C(\N)c2ccccn2)cc1. The van der Waals surface area contributed by atoms with E-state index in [9.17, 15) is 4.79 Å². The van der Waals surface area contributed by atoms with Crippen molar-refractivity contribution < 1.29 is 9.63 Å². The smallest absolute Gasteiger partial charge is 0.358 e. The normalized spacial score (nSPS) is 11.6. The molecule has 0 fully saturated rings. The van der Waals surface area contributed by atoms with Crippen molar-refractivity contribution in [1.29, 1.82) is 0 Å². The minimum Gasteiger partial charge on any atom is -0.379 e. The van der Waals surface area contributed by atoms with Gasteiger partial charge in [0.15, 0.2) is 5.84 Å². The van der Waals surface area contributed by atoms with E-state index in [2.05, 4.69) is 10.1 Å². The van der Waals surface area contributed by atoms with E-state index in [-0.39, 0.29) is 5.84 Å². The number of hydrogen-bond acceptors (Lipinski definition) is 4. The number of nitrogens with zero attached hydrogens (tertiary/aromatic N) is 2. The third kappa shape index (κ3) is 4.58. The summed E-state index contributed by atoms with van der Waals surface area (Å²) in [6, 6.07) is 12.9.